The van der Waals surface area contributed by atoms with E-state index in [2.05, 4.69) is 13.8 Å². The Morgan fingerprint density at radius 3 is 2.33 bits per heavy atom. The zero-order chi connectivity index (χ0) is 18.1. The molecule has 1 nitrogen and oxygen atoms in total. The molecular weight excluding hydrogens is 318 g/mol. The molecule has 0 unspecified atom stereocenters. The summed E-state index contributed by atoms with van der Waals surface area (Å²) in [6, 6.07) is 2.06. The molecule has 5 heteroatoms. The van der Waals surface area contributed by atoms with Gasteiger partial charge in [-0.1, -0.05) is 27.7 Å². The van der Waals surface area contributed by atoms with E-state index in [1.54, 1.807) is 18.7 Å². The fourth-order valence-electron chi connectivity index (χ4n) is 3.31. The van der Waals surface area contributed by atoms with Crippen LogP contribution in [0.4, 0.5) is 17.6 Å². The minimum absolute atomic E-state index is 0.141. The Bertz CT molecular complexity index is 569. The lowest BCUT2D eigenvalue weighted by atomic mass is 9.84. The Morgan fingerprint density at radius 2 is 1.79 bits per heavy atom. The van der Waals surface area contributed by atoms with Crippen LogP contribution in [0.1, 0.15) is 63.5 Å². The highest BCUT2D eigenvalue weighted by atomic mass is 19.3. The van der Waals surface area contributed by atoms with Crippen LogP contribution in [0.15, 0.2) is 12.1 Å². The highest BCUT2D eigenvalue weighted by molar-refractivity contribution is 5.32. The number of likely N-dealkylation sites (tertiary alicyclic amines) is 1. The Balaban J connectivity index is 2.20. The number of piperidine rings is 1. The van der Waals surface area contributed by atoms with Gasteiger partial charge in [0.15, 0.2) is 0 Å². The van der Waals surface area contributed by atoms with Gasteiger partial charge in [-0.15, -0.1) is 0 Å². The van der Waals surface area contributed by atoms with Crippen LogP contribution in [0.3, 0.4) is 0 Å². The van der Waals surface area contributed by atoms with E-state index in [9.17, 15) is 17.6 Å². The van der Waals surface area contributed by atoms with Crippen molar-refractivity contribution in [3.63, 3.8) is 0 Å². The topological polar surface area (TPSA) is 3.24 Å². The third-order valence-corrected chi connectivity index (χ3v) is 4.81. The molecule has 1 aromatic carbocycles. The van der Waals surface area contributed by atoms with Crippen LogP contribution in [0, 0.1) is 17.6 Å². The second kappa shape index (κ2) is 7.42. The van der Waals surface area contributed by atoms with Crippen LogP contribution in [-0.2, 0) is 0 Å². The van der Waals surface area contributed by atoms with Crippen molar-refractivity contribution >= 4 is 0 Å². The summed E-state index contributed by atoms with van der Waals surface area (Å²) >= 11 is 0. The molecule has 0 bridgehead atoms. The van der Waals surface area contributed by atoms with Gasteiger partial charge in [-0.3, -0.25) is 4.90 Å². The molecule has 1 heterocycles. The van der Waals surface area contributed by atoms with E-state index in [0.717, 1.165) is 18.6 Å². The van der Waals surface area contributed by atoms with Gasteiger partial charge >= 0.3 is 0 Å². The monoisotopic (exact) mass is 345 g/mol. The van der Waals surface area contributed by atoms with E-state index in [1.807, 2.05) is 0 Å². The Labute approximate surface area is 142 Å². The standard InChI is InChI=1S/C19H27F4N/c1-12(2)5-7-24-8-6-16(19(22,23)11-24)15-10-17(20)14(13(3)4)9-18(15)21/h9-10,12-13,16H,5-8,11H2,1-4H3/t16-/m1/s1. The van der Waals surface area contributed by atoms with Gasteiger partial charge in [0.1, 0.15) is 11.6 Å². The Kier molecular flexibility index (Phi) is 5.95. The molecule has 1 aliphatic rings. The number of halogens is 4. The third-order valence-electron chi connectivity index (χ3n) is 4.81. The molecule has 1 aliphatic heterocycles. The molecule has 0 amide bonds. The first-order valence-corrected chi connectivity index (χ1v) is 8.70. The molecule has 1 atom stereocenters. The van der Waals surface area contributed by atoms with Gasteiger partial charge < -0.3 is 0 Å². The number of alkyl halides is 2. The van der Waals surface area contributed by atoms with Crippen LogP contribution in [-0.4, -0.2) is 30.5 Å². The lowest BCUT2D eigenvalue weighted by Crippen LogP contribution is -2.48. The van der Waals surface area contributed by atoms with Crippen LogP contribution in [0.2, 0.25) is 0 Å². The normalized spacial score (nSPS) is 21.7. The van der Waals surface area contributed by atoms with E-state index in [4.69, 9.17) is 0 Å². The lowest BCUT2D eigenvalue weighted by Gasteiger charge is -2.39. The fraction of sp³-hybridized carbons (Fsp3) is 0.684. The maximum absolute atomic E-state index is 14.6. The summed E-state index contributed by atoms with van der Waals surface area (Å²) in [4.78, 5) is 1.73. The molecule has 0 radical (unpaired) electrons. The van der Waals surface area contributed by atoms with Crippen molar-refractivity contribution in [2.24, 2.45) is 5.92 Å². The minimum Gasteiger partial charge on any atom is -0.297 e. The molecule has 1 fully saturated rings. The van der Waals surface area contributed by atoms with Crippen LogP contribution in [0.25, 0.3) is 0 Å². The van der Waals surface area contributed by atoms with Gasteiger partial charge in [-0.2, -0.15) is 0 Å². The van der Waals surface area contributed by atoms with Gasteiger partial charge in [0.05, 0.1) is 12.5 Å². The van der Waals surface area contributed by atoms with Crippen molar-refractivity contribution in [2.45, 2.75) is 58.3 Å². The SMILES string of the molecule is CC(C)CCN1CC[C@H](c2cc(F)c(C(C)C)cc2F)C(F)(F)C1. The van der Waals surface area contributed by atoms with Crippen molar-refractivity contribution < 1.29 is 17.6 Å². The first kappa shape index (κ1) is 19.2. The molecule has 136 valence electrons. The molecule has 0 aliphatic carbocycles. The molecule has 0 aromatic heterocycles. The predicted molar refractivity (Wildman–Crippen MR) is 88.6 cm³/mol. The third kappa shape index (κ3) is 4.29. The van der Waals surface area contributed by atoms with Crippen molar-refractivity contribution in [1.29, 1.82) is 0 Å². The van der Waals surface area contributed by atoms with E-state index in [-0.39, 0.29) is 23.5 Å². The zero-order valence-corrected chi connectivity index (χ0v) is 14.9. The van der Waals surface area contributed by atoms with Crippen LogP contribution < -0.4 is 0 Å². The number of benzene rings is 1. The van der Waals surface area contributed by atoms with Crippen LogP contribution in [0.5, 0.6) is 0 Å². The van der Waals surface area contributed by atoms with Crippen molar-refractivity contribution in [1.82, 2.24) is 4.90 Å². The van der Waals surface area contributed by atoms with Crippen molar-refractivity contribution in [3.05, 3.63) is 34.9 Å². The second-order valence-electron chi connectivity index (χ2n) is 7.61. The highest BCUT2D eigenvalue weighted by Gasteiger charge is 2.46. The lowest BCUT2D eigenvalue weighted by molar-refractivity contribution is -0.0841. The number of hydrogen-bond acceptors (Lipinski definition) is 1. The maximum atomic E-state index is 14.6. The molecule has 1 aromatic rings. The quantitative estimate of drug-likeness (QED) is 0.632. The summed E-state index contributed by atoms with van der Waals surface area (Å²) in [6.45, 7) is 8.32. The Hall–Kier alpha value is -1.10. The second-order valence-corrected chi connectivity index (χ2v) is 7.61. The first-order chi connectivity index (χ1) is 11.1. The summed E-state index contributed by atoms with van der Waals surface area (Å²) in [5.41, 5.74) is 0.0411. The van der Waals surface area contributed by atoms with E-state index in [0.29, 0.717) is 19.0 Å². The smallest absolute Gasteiger partial charge is 0.267 e. The van der Waals surface area contributed by atoms with Gasteiger partial charge in [-0.05, 0) is 61.0 Å². The predicted octanol–water partition coefficient (Wildman–Crippen LogP) is 5.56. The van der Waals surface area contributed by atoms with Gasteiger partial charge in [-0.25, -0.2) is 17.6 Å². The number of nitrogens with zero attached hydrogens (tertiary/aromatic N) is 1. The Morgan fingerprint density at radius 1 is 1.12 bits per heavy atom. The molecule has 1 saturated heterocycles. The minimum atomic E-state index is -3.05. The molecule has 0 saturated carbocycles. The summed E-state index contributed by atoms with van der Waals surface area (Å²) < 4.78 is 57.6. The fourth-order valence-corrected chi connectivity index (χ4v) is 3.31. The molecule has 2 rings (SSSR count). The number of hydrogen-bond donors (Lipinski definition) is 0. The zero-order valence-electron chi connectivity index (χ0n) is 14.9. The maximum Gasteiger partial charge on any atom is 0.267 e. The molecule has 24 heavy (non-hydrogen) atoms. The van der Waals surface area contributed by atoms with E-state index in [1.165, 1.54) is 0 Å². The van der Waals surface area contributed by atoms with Gasteiger partial charge in [0, 0.05) is 0 Å². The average molecular weight is 345 g/mol. The molecular formula is C19H27F4N. The summed E-state index contributed by atoms with van der Waals surface area (Å²) in [5, 5.41) is 0. The first-order valence-electron chi connectivity index (χ1n) is 8.70. The summed E-state index contributed by atoms with van der Waals surface area (Å²) in [6.07, 6.45) is 0.995. The van der Waals surface area contributed by atoms with E-state index < -0.39 is 30.0 Å². The van der Waals surface area contributed by atoms with Crippen molar-refractivity contribution in [3.8, 4) is 0 Å². The van der Waals surface area contributed by atoms with E-state index >= 15 is 0 Å². The summed E-state index contributed by atoms with van der Waals surface area (Å²) in [5.74, 6) is -5.37. The molecule has 0 spiro atoms. The molecule has 0 N–H and O–H groups in total. The summed E-state index contributed by atoms with van der Waals surface area (Å²) in [7, 11) is 0. The van der Waals surface area contributed by atoms with Crippen LogP contribution >= 0.6 is 0 Å². The van der Waals surface area contributed by atoms with Gasteiger partial charge in [0.2, 0.25) is 0 Å². The van der Waals surface area contributed by atoms with Crippen molar-refractivity contribution in [2.75, 3.05) is 19.6 Å². The number of rotatable bonds is 5. The van der Waals surface area contributed by atoms with Gasteiger partial charge in [0.25, 0.3) is 5.92 Å². The highest BCUT2D eigenvalue weighted by Crippen LogP contribution is 2.42. The largest absolute Gasteiger partial charge is 0.297 e. The average Bonchev–Trinajstić information content (AvgIpc) is 2.46.